The van der Waals surface area contributed by atoms with Crippen molar-refractivity contribution in [3.05, 3.63) is 35.4 Å². The van der Waals surface area contributed by atoms with Crippen molar-refractivity contribution >= 4 is 11.9 Å². The van der Waals surface area contributed by atoms with Crippen LogP contribution in [0.4, 0.5) is 0 Å². The lowest BCUT2D eigenvalue weighted by molar-refractivity contribution is -0.147. The molecule has 1 heterocycles. The molecule has 0 saturated heterocycles. The fourth-order valence-electron chi connectivity index (χ4n) is 2.38. The molecule has 0 bridgehead atoms. The van der Waals surface area contributed by atoms with Crippen molar-refractivity contribution in [3.63, 3.8) is 0 Å². The maximum Gasteiger partial charge on any atom is 0.328 e. The minimum atomic E-state index is -0.519. The minimum absolute atomic E-state index is 0.0238. The topological polar surface area (TPSA) is 46.6 Å². The van der Waals surface area contributed by atoms with Gasteiger partial charge in [-0.05, 0) is 17.5 Å². The average molecular weight is 247 g/mol. The summed E-state index contributed by atoms with van der Waals surface area (Å²) in [6.45, 7) is 4.31. The SMILES string of the molecule is COC(=O)[C@@H](C(C)C)N1Cc2ccccc2C1=O. The van der Waals surface area contributed by atoms with Gasteiger partial charge in [-0.25, -0.2) is 4.79 Å². The van der Waals surface area contributed by atoms with Crippen LogP contribution in [-0.2, 0) is 16.1 Å². The van der Waals surface area contributed by atoms with E-state index in [0.717, 1.165) is 5.56 Å². The number of benzene rings is 1. The van der Waals surface area contributed by atoms with Gasteiger partial charge in [-0.15, -0.1) is 0 Å². The summed E-state index contributed by atoms with van der Waals surface area (Å²) in [6, 6.07) is 6.93. The van der Waals surface area contributed by atoms with E-state index in [-0.39, 0.29) is 17.8 Å². The second kappa shape index (κ2) is 4.80. The van der Waals surface area contributed by atoms with E-state index >= 15 is 0 Å². The molecule has 2 rings (SSSR count). The molecule has 4 heteroatoms. The molecule has 1 aliphatic heterocycles. The molecule has 0 aromatic heterocycles. The molecule has 18 heavy (non-hydrogen) atoms. The Morgan fingerprint density at radius 1 is 1.33 bits per heavy atom. The third-order valence-corrected chi connectivity index (χ3v) is 3.26. The molecule has 1 aromatic rings. The molecule has 1 aliphatic rings. The normalized spacial score (nSPS) is 15.8. The Morgan fingerprint density at radius 3 is 2.56 bits per heavy atom. The van der Waals surface area contributed by atoms with Gasteiger partial charge in [0.25, 0.3) is 5.91 Å². The summed E-state index contributed by atoms with van der Waals surface area (Å²) in [7, 11) is 1.35. The van der Waals surface area contributed by atoms with Gasteiger partial charge in [0.1, 0.15) is 6.04 Å². The molecule has 0 unspecified atom stereocenters. The van der Waals surface area contributed by atoms with Crippen molar-refractivity contribution in [1.82, 2.24) is 4.90 Å². The molecule has 1 atom stereocenters. The van der Waals surface area contributed by atoms with Gasteiger partial charge < -0.3 is 9.64 Å². The average Bonchev–Trinajstić information content (AvgIpc) is 2.67. The summed E-state index contributed by atoms with van der Waals surface area (Å²) in [4.78, 5) is 25.7. The van der Waals surface area contributed by atoms with E-state index in [1.807, 2.05) is 32.0 Å². The maximum absolute atomic E-state index is 12.3. The van der Waals surface area contributed by atoms with Crippen molar-refractivity contribution in [2.75, 3.05) is 7.11 Å². The van der Waals surface area contributed by atoms with Gasteiger partial charge in [0.05, 0.1) is 7.11 Å². The number of carbonyl (C=O) groups is 2. The quantitative estimate of drug-likeness (QED) is 0.766. The minimum Gasteiger partial charge on any atom is -0.467 e. The predicted molar refractivity (Wildman–Crippen MR) is 67.0 cm³/mol. The highest BCUT2D eigenvalue weighted by atomic mass is 16.5. The van der Waals surface area contributed by atoms with Crippen LogP contribution in [0.3, 0.4) is 0 Å². The monoisotopic (exact) mass is 247 g/mol. The zero-order valence-electron chi connectivity index (χ0n) is 10.8. The molecule has 4 nitrogen and oxygen atoms in total. The first-order valence-electron chi connectivity index (χ1n) is 6.03. The summed E-state index contributed by atoms with van der Waals surface area (Å²) >= 11 is 0. The molecule has 1 aromatic carbocycles. The molecule has 0 saturated carbocycles. The number of carbonyl (C=O) groups excluding carboxylic acids is 2. The summed E-state index contributed by atoms with van der Waals surface area (Å²) < 4.78 is 4.80. The Balaban J connectivity index is 2.31. The third-order valence-electron chi connectivity index (χ3n) is 3.26. The van der Waals surface area contributed by atoms with E-state index < -0.39 is 6.04 Å². The number of hydrogen-bond donors (Lipinski definition) is 0. The lowest BCUT2D eigenvalue weighted by atomic mass is 10.0. The number of nitrogens with zero attached hydrogens (tertiary/aromatic N) is 1. The molecular formula is C14H17NO3. The van der Waals surface area contributed by atoms with Crippen LogP contribution in [0.25, 0.3) is 0 Å². The van der Waals surface area contributed by atoms with Gasteiger partial charge in [0, 0.05) is 12.1 Å². The number of methoxy groups -OCH3 is 1. The molecular weight excluding hydrogens is 230 g/mol. The first-order valence-corrected chi connectivity index (χ1v) is 6.03. The number of amides is 1. The Labute approximate surface area is 107 Å². The van der Waals surface area contributed by atoms with Crippen LogP contribution in [0.15, 0.2) is 24.3 Å². The van der Waals surface area contributed by atoms with E-state index in [1.165, 1.54) is 7.11 Å². The molecule has 0 fully saturated rings. The smallest absolute Gasteiger partial charge is 0.328 e. The molecule has 0 radical (unpaired) electrons. The summed E-state index contributed by atoms with van der Waals surface area (Å²) in [5.74, 6) is -0.420. The lowest BCUT2D eigenvalue weighted by Crippen LogP contribution is -2.45. The van der Waals surface area contributed by atoms with Crippen molar-refractivity contribution in [2.45, 2.75) is 26.4 Å². The summed E-state index contributed by atoms with van der Waals surface area (Å²) in [5, 5.41) is 0. The largest absolute Gasteiger partial charge is 0.467 e. The first-order chi connectivity index (χ1) is 8.56. The van der Waals surface area contributed by atoms with E-state index in [9.17, 15) is 9.59 Å². The Kier molecular flexibility index (Phi) is 3.36. The van der Waals surface area contributed by atoms with E-state index in [1.54, 1.807) is 11.0 Å². The van der Waals surface area contributed by atoms with Crippen LogP contribution in [-0.4, -0.2) is 29.9 Å². The van der Waals surface area contributed by atoms with Gasteiger partial charge in [-0.3, -0.25) is 4.79 Å². The van der Waals surface area contributed by atoms with Crippen LogP contribution in [0.1, 0.15) is 29.8 Å². The summed E-state index contributed by atoms with van der Waals surface area (Å²) in [6.07, 6.45) is 0. The Hall–Kier alpha value is -1.84. The fraction of sp³-hybridized carbons (Fsp3) is 0.429. The van der Waals surface area contributed by atoms with Crippen molar-refractivity contribution in [2.24, 2.45) is 5.92 Å². The number of hydrogen-bond acceptors (Lipinski definition) is 3. The number of esters is 1. The van der Waals surface area contributed by atoms with E-state index in [0.29, 0.717) is 12.1 Å². The van der Waals surface area contributed by atoms with E-state index in [4.69, 9.17) is 4.74 Å². The van der Waals surface area contributed by atoms with Gasteiger partial charge >= 0.3 is 5.97 Å². The van der Waals surface area contributed by atoms with Crippen molar-refractivity contribution in [1.29, 1.82) is 0 Å². The zero-order chi connectivity index (χ0) is 13.3. The molecule has 0 aliphatic carbocycles. The van der Waals surface area contributed by atoms with Crippen LogP contribution in [0.5, 0.6) is 0 Å². The van der Waals surface area contributed by atoms with Crippen LogP contribution < -0.4 is 0 Å². The van der Waals surface area contributed by atoms with Crippen molar-refractivity contribution < 1.29 is 14.3 Å². The zero-order valence-corrected chi connectivity index (χ0v) is 10.8. The van der Waals surface area contributed by atoms with Gasteiger partial charge in [0.2, 0.25) is 0 Å². The number of fused-ring (bicyclic) bond motifs is 1. The second-order valence-corrected chi connectivity index (χ2v) is 4.80. The Morgan fingerprint density at radius 2 is 2.00 bits per heavy atom. The van der Waals surface area contributed by atoms with Crippen LogP contribution >= 0.6 is 0 Å². The van der Waals surface area contributed by atoms with E-state index in [2.05, 4.69) is 0 Å². The fourth-order valence-corrected chi connectivity index (χ4v) is 2.38. The molecule has 0 N–H and O–H groups in total. The van der Waals surface area contributed by atoms with Gasteiger partial charge in [-0.2, -0.15) is 0 Å². The number of rotatable bonds is 3. The highest BCUT2D eigenvalue weighted by molar-refractivity contribution is 6.00. The molecule has 0 spiro atoms. The standard InChI is InChI=1S/C14H17NO3/c1-9(2)12(14(17)18-3)15-8-10-6-4-5-7-11(10)13(15)16/h4-7,9,12H,8H2,1-3H3/t12-/m1/s1. The third kappa shape index (κ3) is 1.98. The predicted octanol–water partition coefficient (Wildman–Crippen LogP) is 1.84. The number of ether oxygens (including phenoxy) is 1. The van der Waals surface area contributed by atoms with Gasteiger partial charge in [0.15, 0.2) is 0 Å². The first kappa shape index (κ1) is 12.6. The maximum atomic E-state index is 12.3. The van der Waals surface area contributed by atoms with Crippen molar-refractivity contribution in [3.8, 4) is 0 Å². The Bertz CT molecular complexity index is 482. The second-order valence-electron chi connectivity index (χ2n) is 4.80. The van der Waals surface area contributed by atoms with Gasteiger partial charge in [-0.1, -0.05) is 32.0 Å². The highest BCUT2D eigenvalue weighted by Crippen LogP contribution is 2.27. The van der Waals surface area contributed by atoms with Crippen LogP contribution in [0, 0.1) is 5.92 Å². The highest BCUT2D eigenvalue weighted by Gasteiger charge is 2.38. The molecule has 96 valence electrons. The summed E-state index contributed by atoms with van der Waals surface area (Å²) in [5.41, 5.74) is 1.66. The van der Waals surface area contributed by atoms with Crippen LogP contribution in [0.2, 0.25) is 0 Å². The molecule has 1 amide bonds. The lowest BCUT2D eigenvalue weighted by Gasteiger charge is -2.28.